The Hall–Kier alpha value is -0.610. The molecule has 0 amide bonds. The summed E-state index contributed by atoms with van der Waals surface area (Å²) in [6, 6.07) is 0. The van der Waals surface area contributed by atoms with Crippen molar-refractivity contribution >= 4 is 5.97 Å². The largest absolute Gasteiger partial charge is 0.481 e. The van der Waals surface area contributed by atoms with Gasteiger partial charge in [-0.15, -0.1) is 0 Å². The molecule has 0 rings (SSSR count). The van der Waals surface area contributed by atoms with Crippen LogP contribution in [0.1, 0.15) is 33.1 Å². The molecule has 0 radical (unpaired) electrons. The van der Waals surface area contributed by atoms with Crippen LogP contribution in [0, 0.1) is 0 Å². The van der Waals surface area contributed by atoms with Gasteiger partial charge in [0.15, 0.2) is 0 Å². The molecule has 1 N–H and O–H groups in total. The lowest BCUT2D eigenvalue weighted by molar-refractivity contribution is -0.141. The first-order chi connectivity index (χ1) is 6.70. The average Bonchev–Trinajstić information content (AvgIpc) is 2.12. The third-order valence-corrected chi connectivity index (χ3v) is 1.75. The molecule has 0 aromatic heterocycles. The van der Waals surface area contributed by atoms with Gasteiger partial charge in [0.25, 0.3) is 0 Å². The van der Waals surface area contributed by atoms with Gasteiger partial charge in [-0.1, -0.05) is 13.3 Å². The minimum absolute atomic E-state index is 0.0139. The Morgan fingerprint density at radius 2 is 2.14 bits per heavy atom. The third kappa shape index (κ3) is 8.01. The predicted octanol–water partition coefficient (Wildman–Crippen LogP) is 1.68. The number of hydrogen-bond acceptors (Lipinski definition) is 3. The average molecular weight is 204 g/mol. The van der Waals surface area contributed by atoms with Gasteiger partial charge in [-0.3, -0.25) is 4.79 Å². The van der Waals surface area contributed by atoms with Crippen LogP contribution in [0.15, 0.2) is 0 Å². The number of carbonyl (C=O) groups is 1. The zero-order valence-corrected chi connectivity index (χ0v) is 8.99. The summed E-state index contributed by atoms with van der Waals surface area (Å²) in [5.74, 6) is -0.845. The van der Waals surface area contributed by atoms with E-state index in [0.29, 0.717) is 19.8 Å². The topological polar surface area (TPSA) is 55.8 Å². The van der Waals surface area contributed by atoms with Crippen molar-refractivity contribution in [1.29, 1.82) is 0 Å². The van der Waals surface area contributed by atoms with E-state index in [9.17, 15) is 4.79 Å². The minimum Gasteiger partial charge on any atom is -0.481 e. The van der Waals surface area contributed by atoms with E-state index in [2.05, 4.69) is 6.92 Å². The summed E-state index contributed by atoms with van der Waals surface area (Å²) >= 11 is 0. The van der Waals surface area contributed by atoms with Crippen molar-refractivity contribution < 1.29 is 19.4 Å². The Balaban J connectivity index is 3.56. The van der Waals surface area contributed by atoms with Crippen molar-refractivity contribution in [3.63, 3.8) is 0 Å². The smallest absolute Gasteiger partial charge is 0.306 e. The van der Waals surface area contributed by atoms with Crippen molar-refractivity contribution in [2.45, 2.75) is 39.2 Å². The van der Waals surface area contributed by atoms with Gasteiger partial charge in [0.1, 0.15) is 0 Å². The van der Waals surface area contributed by atoms with Crippen LogP contribution in [-0.2, 0) is 14.3 Å². The van der Waals surface area contributed by atoms with Crippen LogP contribution in [0.2, 0.25) is 0 Å². The van der Waals surface area contributed by atoms with Crippen molar-refractivity contribution in [2.75, 3.05) is 19.8 Å². The van der Waals surface area contributed by atoms with Gasteiger partial charge in [-0.05, 0) is 13.3 Å². The summed E-state index contributed by atoms with van der Waals surface area (Å²) in [4.78, 5) is 10.4. The van der Waals surface area contributed by atoms with Crippen molar-refractivity contribution in [1.82, 2.24) is 0 Å². The number of carboxylic acid groups (broad SMARTS) is 1. The lowest BCUT2D eigenvalue weighted by Crippen LogP contribution is -2.23. The van der Waals surface area contributed by atoms with Gasteiger partial charge in [-0.2, -0.15) is 0 Å². The summed E-state index contributed by atoms with van der Waals surface area (Å²) in [5.41, 5.74) is 0. The molecule has 0 saturated heterocycles. The van der Waals surface area contributed by atoms with E-state index in [4.69, 9.17) is 14.6 Å². The van der Waals surface area contributed by atoms with Crippen LogP contribution < -0.4 is 0 Å². The molecule has 0 spiro atoms. The summed E-state index contributed by atoms with van der Waals surface area (Å²) in [6.45, 7) is 5.51. The van der Waals surface area contributed by atoms with Gasteiger partial charge in [0.2, 0.25) is 0 Å². The highest BCUT2D eigenvalue weighted by atomic mass is 16.5. The van der Waals surface area contributed by atoms with E-state index >= 15 is 0 Å². The molecule has 84 valence electrons. The molecule has 0 aromatic rings. The maximum Gasteiger partial charge on any atom is 0.306 e. The Morgan fingerprint density at radius 1 is 1.43 bits per heavy atom. The fourth-order valence-electron chi connectivity index (χ4n) is 1.06. The molecular weight excluding hydrogens is 184 g/mol. The number of rotatable bonds is 9. The Kier molecular flexibility index (Phi) is 8.57. The first-order valence-electron chi connectivity index (χ1n) is 5.11. The lowest BCUT2D eigenvalue weighted by Gasteiger charge is -2.14. The first-order valence-corrected chi connectivity index (χ1v) is 5.11. The molecule has 0 aliphatic heterocycles. The number of ether oxygens (including phenoxy) is 2. The zero-order valence-electron chi connectivity index (χ0n) is 8.99. The van der Waals surface area contributed by atoms with E-state index in [1.807, 2.05) is 6.92 Å². The second-order valence-corrected chi connectivity index (χ2v) is 3.10. The molecule has 1 atom stereocenters. The molecule has 0 aromatic carbocycles. The highest BCUT2D eigenvalue weighted by Gasteiger charge is 2.12. The monoisotopic (exact) mass is 204 g/mol. The van der Waals surface area contributed by atoms with Crippen molar-refractivity contribution in [3.05, 3.63) is 0 Å². The van der Waals surface area contributed by atoms with Gasteiger partial charge < -0.3 is 14.6 Å². The first kappa shape index (κ1) is 13.4. The number of carboxylic acids is 1. The van der Waals surface area contributed by atoms with Crippen LogP contribution in [0.5, 0.6) is 0 Å². The predicted molar refractivity (Wildman–Crippen MR) is 53.4 cm³/mol. The molecule has 0 aliphatic rings. The summed E-state index contributed by atoms with van der Waals surface area (Å²) in [5, 5.41) is 8.58. The standard InChI is InChI=1S/C10H20O4/c1-3-5-6-13-8-9(14-4-2)7-10(11)12/h9H,3-8H2,1-2H3,(H,11,12). The fourth-order valence-corrected chi connectivity index (χ4v) is 1.06. The molecule has 0 aliphatic carbocycles. The Labute approximate surface area is 85.2 Å². The van der Waals surface area contributed by atoms with Crippen molar-refractivity contribution in [2.24, 2.45) is 0 Å². The number of aliphatic carboxylic acids is 1. The van der Waals surface area contributed by atoms with Gasteiger partial charge in [0, 0.05) is 13.2 Å². The second-order valence-electron chi connectivity index (χ2n) is 3.10. The molecule has 0 saturated carbocycles. The maximum absolute atomic E-state index is 10.4. The summed E-state index contributed by atoms with van der Waals surface area (Å²) < 4.78 is 10.5. The Bertz CT molecular complexity index is 147. The highest BCUT2D eigenvalue weighted by molar-refractivity contribution is 5.67. The number of unbranched alkanes of at least 4 members (excludes halogenated alkanes) is 1. The zero-order chi connectivity index (χ0) is 10.8. The summed E-state index contributed by atoms with van der Waals surface area (Å²) in [6.07, 6.45) is 1.79. The van der Waals surface area contributed by atoms with Crippen LogP contribution in [0.25, 0.3) is 0 Å². The molecule has 4 nitrogen and oxygen atoms in total. The molecule has 4 heteroatoms. The van der Waals surface area contributed by atoms with Gasteiger partial charge in [-0.25, -0.2) is 0 Å². The summed E-state index contributed by atoms with van der Waals surface area (Å²) in [7, 11) is 0. The van der Waals surface area contributed by atoms with Gasteiger partial charge in [0.05, 0.1) is 19.1 Å². The maximum atomic E-state index is 10.4. The van der Waals surface area contributed by atoms with E-state index in [1.165, 1.54) is 0 Å². The Morgan fingerprint density at radius 3 is 2.64 bits per heavy atom. The lowest BCUT2D eigenvalue weighted by atomic mass is 10.2. The van der Waals surface area contributed by atoms with Crippen LogP contribution in [-0.4, -0.2) is 37.0 Å². The molecule has 0 bridgehead atoms. The molecule has 1 unspecified atom stereocenters. The number of hydrogen-bond donors (Lipinski definition) is 1. The fraction of sp³-hybridized carbons (Fsp3) is 0.900. The van der Waals surface area contributed by atoms with Crippen LogP contribution in [0.4, 0.5) is 0 Å². The molecule has 0 heterocycles. The van der Waals surface area contributed by atoms with Crippen LogP contribution >= 0.6 is 0 Å². The molecular formula is C10H20O4. The molecule has 14 heavy (non-hydrogen) atoms. The second kappa shape index (κ2) is 8.97. The van der Waals surface area contributed by atoms with Crippen molar-refractivity contribution in [3.8, 4) is 0 Å². The third-order valence-electron chi connectivity index (χ3n) is 1.75. The minimum atomic E-state index is -0.845. The van der Waals surface area contributed by atoms with E-state index in [-0.39, 0.29) is 12.5 Å². The quantitative estimate of drug-likeness (QED) is 0.580. The van der Waals surface area contributed by atoms with E-state index in [0.717, 1.165) is 12.8 Å². The van der Waals surface area contributed by atoms with E-state index < -0.39 is 5.97 Å². The van der Waals surface area contributed by atoms with E-state index in [1.54, 1.807) is 0 Å². The highest BCUT2D eigenvalue weighted by Crippen LogP contribution is 2.00. The normalized spacial score (nSPS) is 12.7. The molecule has 0 fully saturated rings. The SMILES string of the molecule is CCCCOCC(CC(=O)O)OCC. The van der Waals surface area contributed by atoms with Gasteiger partial charge >= 0.3 is 5.97 Å². The van der Waals surface area contributed by atoms with Crippen LogP contribution in [0.3, 0.4) is 0 Å².